The van der Waals surface area contributed by atoms with Gasteiger partial charge in [-0.2, -0.15) is 25.3 Å². The third kappa shape index (κ3) is 39.4. The Balaban J connectivity index is -0.000000657. The molecule has 51 heavy (non-hydrogen) atoms. The van der Waals surface area contributed by atoms with Crippen LogP contribution in [-0.4, -0.2) is 79.8 Å². The van der Waals surface area contributed by atoms with Crippen molar-refractivity contribution in [2.45, 2.75) is 94.3 Å². The molecule has 0 heterocycles. The summed E-state index contributed by atoms with van der Waals surface area (Å²) < 4.78 is 117. The average Bonchev–Trinajstić information content (AvgIpc) is 3.01. The largest absolute Gasteiger partial charge is 0.471 e. The predicted molar refractivity (Wildman–Crippen MR) is 189 cm³/mol. The molecule has 0 aliphatic rings. The van der Waals surface area contributed by atoms with Crippen molar-refractivity contribution in [3.63, 3.8) is 0 Å². The van der Waals surface area contributed by atoms with Crippen molar-refractivity contribution in [3.8, 4) is 0 Å². The normalized spacial score (nSPS) is 11.7. The van der Waals surface area contributed by atoms with Gasteiger partial charge >= 0.3 is 26.0 Å². The van der Waals surface area contributed by atoms with Crippen molar-refractivity contribution < 1.29 is 80.8 Å². The van der Waals surface area contributed by atoms with Gasteiger partial charge in [-0.15, -0.1) is 0 Å². The number of benzene rings is 2. The molecule has 18 nitrogen and oxygen atoms in total. The molecule has 0 spiro atoms. The van der Waals surface area contributed by atoms with E-state index < -0.39 is 46.3 Å². The Morgan fingerprint density at radius 1 is 0.569 bits per heavy atom. The summed E-state index contributed by atoms with van der Waals surface area (Å²) in [6, 6.07) is 12.5. The van der Waals surface area contributed by atoms with Gasteiger partial charge in [0, 0.05) is 14.2 Å². The molecule has 23 heteroatoms. The Morgan fingerprint density at radius 3 is 1.12 bits per heavy atom. The van der Waals surface area contributed by atoms with Gasteiger partial charge in [0.15, 0.2) is 0 Å². The highest BCUT2D eigenvalue weighted by atomic mass is 32.3. The van der Waals surface area contributed by atoms with E-state index in [1.165, 1.54) is 82.1 Å². The smallest absolute Gasteiger partial charge is 0.303 e. The Labute approximate surface area is 301 Å². The number of hydrogen-bond donors (Lipinski definition) is 7. The molecule has 2 aromatic rings. The molecule has 0 unspecified atom stereocenters. The average molecular weight is 835 g/mol. The summed E-state index contributed by atoms with van der Waals surface area (Å²) in [5.41, 5.74) is 2.09. The molecule has 0 amide bonds. The fraction of sp³-hybridized carbons (Fsp3) is 0.571. The molecule has 0 aliphatic heterocycles. The van der Waals surface area contributed by atoms with Gasteiger partial charge in [0.2, 0.25) is 0 Å². The van der Waals surface area contributed by atoms with Crippen LogP contribution in [0.3, 0.4) is 0 Å². The van der Waals surface area contributed by atoms with E-state index in [4.69, 9.17) is 37.8 Å². The fourth-order valence-corrected chi connectivity index (χ4v) is 4.54. The highest BCUT2D eigenvalue weighted by Crippen LogP contribution is 2.40. The second-order valence-electron chi connectivity index (χ2n) is 10.3. The van der Waals surface area contributed by atoms with Crippen molar-refractivity contribution in [2.75, 3.05) is 21.3 Å². The Bertz CT molecular complexity index is 1590. The van der Waals surface area contributed by atoms with E-state index in [9.17, 15) is 29.8 Å². The van der Waals surface area contributed by atoms with E-state index in [0.717, 1.165) is 45.3 Å². The predicted octanol–water partition coefficient (Wildman–Crippen LogP) is 5.53. The van der Waals surface area contributed by atoms with Crippen molar-refractivity contribution >= 4 is 46.3 Å². The van der Waals surface area contributed by atoms with E-state index in [-0.39, 0.29) is 9.79 Å². The summed E-state index contributed by atoms with van der Waals surface area (Å²) in [6.07, 6.45) is 14.1. The van der Waals surface area contributed by atoms with Gasteiger partial charge < -0.3 is 19.6 Å². The summed E-state index contributed by atoms with van der Waals surface area (Å²) in [5.74, 6) is 0. The first-order chi connectivity index (χ1) is 23.2. The van der Waals surface area contributed by atoms with Crippen LogP contribution in [0.2, 0.25) is 0 Å². The van der Waals surface area contributed by atoms with Gasteiger partial charge in [-0.1, -0.05) is 94.5 Å². The Kier molecular flexibility index (Phi) is 29.4. The van der Waals surface area contributed by atoms with Gasteiger partial charge in [0.25, 0.3) is 20.2 Å². The summed E-state index contributed by atoms with van der Waals surface area (Å²) in [4.78, 5) is 29.7. The lowest BCUT2D eigenvalue weighted by Gasteiger charge is -2.04. The Morgan fingerprint density at radius 2 is 0.863 bits per heavy atom. The highest BCUT2D eigenvalue weighted by Gasteiger charge is 2.13. The molecular weight excluding hydrogens is 782 g/mol. The molecule has 0 atom stereocenters. The van der Waals surface area contributed by atoms with Crippen molar-refractivity contribution in [1.82, 2.24) is 0 Å². The number of aryl methyl sites for hydroxylation is 2. The molecule has 0 radical (unpaired) electrons. The van der Waals surface area contributed by atoms with E-state index >= 15 is 0 Å². The van der Waals surface area contributed by atoms with E-state index in [0.29, 0.717) is 0 Å². The molecule has 0 aliphatic carbocycles. The molecule has 0 saturated heterocycles. The van der Waals surface area contributed by atoms with E-state index in [2.05, 4.69) is 20.2 Å². The lowest BCUT2D eigenvalue weighted by atomic mass is 10.0. The van der Waals surface area contributed by atoms with E-state index in [1.807, 2.05) is 6.92 Å². The minimum absolute atomic E-state index is 0.0284. The number of hydrogen-bond acceptors (Lipinski definition) is 11. The fourth-order valence-electron chi connectivity index (χ4n) is 3.43. The summed E-state index contributed by atoms with van der Waals surface area (Å²) in [7, 11) is -17.5. The molecule has 0 fully saturated rings. The minimum Gasteiger partial charge on any atom is -0.303 e. The topological polar surface area (TPSA) is 306 Å². The number of phosphoric ester groups is 1. The van der Waals surface area contributed by atoms with Gasteiger partial charge in [-0.05, 0) is 49.6 Å². The zero-order valence-electron chi connectivity index (χ0n) is 29.1. The summed E-state index contributed by atoms with van der Waals surface area (Å²) >= 11 is 0. The molecule has 300 valence electrons. The van der Waals surface area contributed by atoms with Crippen molar-refractivity contribution in [2.24, 2.45) is 0 Å². The monoisotopic (exact) mass is 834 g/mol. The van der Waals surface area contributed by atoms with Gasteiger partial charge in [0.05, 0.1) is 16.9 Å². The van der Waals surface area contributed by atoms with Crippen LogP contribution < -0.4 is 0 Å². The minimum atomic E-state index is -4.64. The van der Waals surface area contributed by atoms with E-state index in [1.54, 1.807) is 24.3 Å². The lowest BCUT2D eigenvalue weighted by molar-refractivity contribution is 0.204. The maximum absolute atomic E-state index is 10.9. The van der Waals surface area contributed by atoms with Crippen LogP contribution in [0.1, 0.15) is 82.3 Å². The van der Waals surface area contributed by atoms with Crippen molar-refractivity contribution in [1.29, 1.82) is 0 Å². The highest BCUT2D eigenvalue weighted by molar-refractivity contribution is 7.86. The number of phosphoric acid groups is 2. The molecular formula is C28H52O18P2S3. The number of unbranched alkanes of at least 4 members (excludes halogenated alkanes) is 9. The molecule has 7 N–H and O–H groups in total. The first-order valence-electron chi connectivity index (χ1n) is 15.1. The van der Waals surface area contributed by atoms with Crippen LogP contribution in [0.5, 0.6) is 0 Å². The molecule has 2 aromatic carbocycles. The van der Waals surface area contributed by atoms with Gasteiger partial charge in [0.1, 0.15) is 0 Å². The van der Waals surface area contributed by atoms with Crippen LogP contribution >= 0.6 is 15.6 Å². The second-order valence-corrected chi connectivity index (χ2v) is 17.0. The van der Waals surface area contributed by atoms with Crippen LogP contribution in [0.25, 0.3) is 0 Å². The molecule has 0 aromatic heterocycles. The van der Waals surface area contributed by atoms with Crippen LogP contribution in [0.4, 0.5) is 0 Å². The second kappa shape index (κ2) is 27.9. The van der Waals surface area contributed by atoms with Crippen LogP contribution in [-0.2, 0) is 59.4 Å². The quantitative estimate of drug-likeness (QED) is 0.0621. The molecule has 2 rings (SSSR count). The van der Waals surface area contributed by atoms with Gasteiger partial charge in [-0.3, -0.25) is 26.9 Å². The summed E-state index contributed by atoms with van der Waals surface area (Å²) in [6.45, 7) is 4.09. The summed E-state index contributed by atoms with van der Waals surface area (Å²) in [5, 5.41) is 0. The maximum atomic E-state index is 10.9. The standard InChI is InChI=1S/C18H30O3S.C7H8O3S.C2H7O4P.CH4O4S.H3O4P/c1-2-3-4-5-6-7-8-9-10-11-12-17-13-15-18(16-14-17)22(19,20)21;1-6-2-4-7(5-3-6)11(8,9)10;1-5-7(3,4)6-2;1-5-6(2,3)4;1-5(2,3)4/h13-16H,2-12H2,1H3,(H,19,20,21);2-5H,1H3,(H,8,9,10);1-2H3,(H,3,4);1H3,(H,2,3,4);(H3,1,2,3,4). The zero-order valence-corrected chi connectivity index (χ0v) is 33.4. The maximum Gasteiger partial charge on any atom is 0.471 e. The number of rotatable bonds is 16. The Hall–Kier alpha value is -1.65. The first kappa shape index (κ1) is 53.7. The zero-order chi connectivity index (χ0) is 40.4. The SMILES string of the molecule is CCCCCCCCCCCCc1ccc(S(=O)(=O)O)cc1.COP(=O)(O)OC.COS(=O)(=O)O.Cc1ccc(S(=O)(=O)O)cc1.O=P(O)(O)O. The first-order valence-corrected chi connectivity index (χ1v) is 22.4. The molecule has 0 bridgehead atoms. The van der Waals surface area contributed by atoms with Crippen molar-refractivity contribution in [3.05, 3.63) is 59.7 Å². The van der Waals surface area contributed by atoms with Crippen LogP contribution in [0.15, 0.2) is 58.3 Å². The third-order valence-electron chi connectivity index (χ3n) is 6.03. The third-order valence-corrected chi connectivity index (χ3v) is 9.11. The lowest BCUT2D eigenvalue weighted by Crippen LogP contribution is -1.98. The molecule has 0 saturated carbocycles. The van der Waals surface area contributed by atoms with Crippen LogP contribution in [0, 0.1) is 6.92 Å². The van der Waals surface area contributed by atoms with Gasteiger partial charge in [-0.25, -0.2) is 9.13 Å².